The molecule has 3 aromatic rings. The predicted molar refractivity (Wildman–Crippen MR) is 119 cm³/mol. The number of amides is 1. The van der Waals surface area contributed by atoms with Gasteiger partial charge >= 0.3 is 18.3 Å². The molecule has 0 aliphatic carbocycles. The van der Waals surface area contributed by atoms with Crippen molar-refractivity contribution in [3.05, 3.63) is 81.8 Å². The van der Waals surface area contributed by atoms with E-state index in [0.29, 0.717) is 17.7 Å². The number of rotatable bonds is 6. The third kappa shape index (κ3) is 5.43. The molecule has 7 nitrogen and oxygen atoms in total. The van der Waals surface area contributed by atoms with Gasteiger partial charge in [0.25, 0.3) is 5.91 Å². The highest BCUT2D eigenvalue weighted by Gasteiger charge is 2.44. The van der Waals surface area contributed by atoms with Crippen molar-refractivity contribution in [2.45, 2.75) is 38.4 Å². The van der Waals surface area contributed by atoms with Crippen LogP contribution >= 0.6 is 0 Å². The zero-order valence-corrected chi connectivity index (χ0v) is 19.5. The van der Waals surface area contributed by atoms with Gasteiger partial charge in [-0.25, -0.2) is 13.9 Å². The van der Waals surface area contributed by atoms with E-state index in [-0.39, 0.29) is 30.0 Å². The van der Waals surface area contributed by atoms with E-state index in [2.05, 4.69) is 10.4 Å². The lowest BCUT2D eigenvalue weighted by Crippen LogP contribution is -2.31. The minimum atomic E-state index is -5.02. The van der Waals surface area contributed by atoms with Gasteiger partial charge in [-0.2, -0.15) is 31.4 Å². The van der Waals surface area contributed by atoms with Crippen LogP contribution in [-0.2, 0) is 25.4 Å². The first-order valence-corrected chi connectivity index (χ1v) is 11.1. The van der Waals surface area contributed by atoms with Gasteiger partial charge in [-0.3, -0.25) is 4.79 Å². The Bertz CT molecular complexity index is 1380. The van der Waals surface area contributed by atoms with Gasteiger partial charge in [0.2, 0.25) is 0 Å². The summed E-state index contributed by atoms with van der Waals surface area (Å²) in [4.78, 5) is 25.4. The Labute approximate surface area is 210 Å². The third-order valence-electron chi connectivity index (χ3n) is 5.97. The zero-order chi connectivity index (χ0) is 28.0. The van der Waals surface area contributed by atoms with Crippen molar-refractivity contribution in [2.24, 2.45) is 0 Å². The number of carboxylic acid groups (broad SMARTS) is 1. The van der Waals surface area contributed by atoms with Crippen LogP contribution in [0.3, 0.4) is 0 Å². The van der Waals surface area contributed by atoms with Crippen LogP contribution in [0.4, 0.5) is 36.6 Å². The van der Waals surface area contributed by atoms with Crippen LogP contribution in [-0.4, -0.2) is 33.3 Å². The number of fused-ring (bicyclic) bond motifs is 1. The molecule has 202 valence electrons. The number of nitrogens with one attached hydrogen (secondary N) is 1. The fourth-order valence-corrected chi connectivity index (χ4v) is 4.21. The van der Waals surface area contributed by atoms with E-state index >= 15 is 0 Å². The Morgan fingerprint density at radius 1 is 1.03 bits per heavy atom. The van der Waals surface area contributed by atoms with E-state index in [1.165, 1.54) is 36.1 Å². The summed E-state index contributed by atoms with van der Waals surface area (Å²) in [5, 5.41) is 15.0. The Hall–Kier alpha value is -4.10. The van der Waals surface area contributed by atoms with E-state index < -0.39 is 59.5 Å². The minimum absolute atomic E-state index is 0.0187. The second-order valence-corrected chi connectivity index (χ2v) is 8.66. The second kappa shape index (κ2) is 9.65. The molecule has 0 radical (unpaired) electrons. The number of nitrogens with zero attached hydrogens (tertiary/aromatic N) is 3. The molecule has 0 spiro atoms. The van der Waals surface area contributed by atoms with Crippen LogP contribution in [0.2, 0.25) is 0 Å². The fourth-order valence-electron chi connectivity index (χ4n) is 4.21. The molecular weight excluding hydrogens is 525 g/mol. The molecular formula is C24H19F7N4O3. The van der Waals surface area contributed by atoms with Crippen LogP contribution in [0.15, 0.2) is 42.5 Å². The molecule has 1 aliphatic rings. The SMILES string of the molecule is CC(NC(=O)c1c(C(F)(F)F)nn2c1N(Cc1cc(F)cc(C(F)(F)F)c1)CC2)c1ccc(C(=O)O)cc1. The topological polar surface area (TPSA) is 87.5 Å². The van der Waals surface area contributed by atoms with Gasteiger partial charge < -0.3 is 15.3 Å². The Kier molecular flexibility index (Phi) is 6.84. The normalized spacial score (nSPS) is 14.4. The maximum absolute atomic E-state index is 13.9. The maximum atomic E-state index is 13.9. The van der Waals surface area contributed by atoms with Crippen molar-refractivity contribution >= 4 is 17.7 Å². The number of carboxylic acids is 1. The summed E-state index contributed by atoms with van der Waals surface area (Å²) in [7, 11) is 0. The molecule has 1 aromatic heterocycles. The number of carbonyl (C=O) groups excluding carboxylic acids is 1. The van der Waals surface area contributed by atoms with E-state index in [1.807, 2.05) is 0 Å². The molecule has 14 heteroatoms. The second-order valence-electron chi connectivity index (χ2n) is 8.66. The summed E-state index contributed by atoms with van der Waals surface area (Å²) in [6, 6.07) is 6.34. The van der Waals surface area contributed by atoms with Crippen molar-refractivity contribution in [2.75, 3.05) is 11.4 Å². The molecule has 4 rings (SSSR count). The number of hydrogen-bond donors (Lipinski definition) is 2. The Balaban J connectivity index is 1.67. The van der Waals surface area contributed by atoms with Crippen LogP contribution in [0, 0.1) is 5.82 Å². The number of aromatic carboxylic acids is 1. The highest BCUT2D eigenvalue weighted by atomic mass is 19.4. The van der Waals surface area contributed by atoms with Crippen LogP contribution in [0.25, 0.3) is 0 Å². The molecule has 1 amide bonds. The summed E-state index contributed by atoms with van der Waals surface area (Å²) in [5.41, 5.74) is -3.31. The average molecular weight is 544 g/mol. The maximum Gasteiger partial charge on any atom is 0.436 e. The van der Waals surface area contributed by atoms with Gasteiger partial charge in [0, 0.05) is 13.1 Å². The Morgan fingerprint density at radius 3 is 2.26 bits per heavy atom. The predicted octanol–water partition coefficient (Wildman–Crippen LogP) is 5.27. The number of anilines is 1. The van der Waals surface area contributed by atoms with Crippen LogP contribution in [0.1, 0.15) is 56.1 Å². The summed E-state index contributed by atoms with van der Waals surface area (Å²) >= 11 is 0. The largest absolute Gasteiger partial charge is 0.478 e. The van der Waals surface area contributed by atoms with Crippen LogP contribution < -0.4 is 10.2 Å². The molecule has 1 unspecified atom stereocenters. The van der Waals surface area contributed by atoms with Gasteiger partial charge in [-0.15, -0.1) is 0 Å². The number of hydrogen-bond acceptors (Lipinski definition) is 4. The summed E-state index contributed by atoms with van der Waals surface area (Å²) < 4.78 is 95.7. The molecule has 0 saturated heterocycles. The molecule has 2 N–H and O–H groups in total. The lowest BCUT2D eigenvalue weighted by Gasteiger charge is -2.21. The first-order valence-electron chi connectivity index (χ1n) is 11.1. The molecule has 38 heavy (non-hydrogen) atoms. The molecule has 0 bridgehead atoms. The number of benzene rings is 2. The van der Waals surface area contributed by atoms with E-state index in [1.54, 1.807) is 0 Å². The summed E-state index contributed by atoms with van der Waals surface area (Å²) in [5.74, 6) is -3.75. The zero-order valence-electron chi connectivity index (χ0n) is 19.5. The first-order chi connectivity index (χ1) is 17.6. The standard InChI is InChI=1S/C24H19F7N4O3/c1-12(14-2-4-15(5-3-14)22(37)38)32-20(36)18-19(24(29,30)31)33-35-7-6-34(21(18)35)11-13-8-16(23(26,27)28)10-17(25)9-13/h2-5,8-10,12H,6-7,11H2,1H3,(H,32,36)(H,37,38). The van der Waals surface area contributed by atoms with Crippen molar-refractivity contribution in [1.82, 2.24) is 15.1 Å². The quantitative estimate of drug-likeness (QED) is 0.413. The van der Waals surface area contributed by atoms with Crippen molar-refractivity contribution in [3.63, 3.8) is 0 Å². The molecule has 1 atom stereocenters. The lowest BCUT2D eigenvalue weighted by atomic mass is 10.1. The monoisotopic (exact) mass is 544 g/mol. The molecule has 0 saturated carbocycles. The molecule has 0 fully saturated rings. The number of alkyl halides is 6. The molecule has 2 aromatic carbocycles. The van der Waals surface area contributed by atoms with E-state index in [4.69, 9.17) is 5.11 Å². The number of aromatic nitrogens is 2. The average Bonchev–Trinajstić information content (AvgIpc) is 3.38. The van der Waals surface area contributed by atoms with Crippen molar-refractivity contribution in [3.8, 4) is 0 Å². The Morgan fingerprint density at radius 2 is 1.68 bits per heavy atom. The first kappa shape index (κ1) is 26.9. The number of carbonyl (C=O) groups is 2. The van der Waals surface area contributed by atoms with Gasteiger partial charge in [0.05, 0.1) is 23.7 Å². The van der Waals surface area contributed by atoms with Gasteiger partial charge in [-0.05, 0) is 48.4 Å². The smallest absolute Gasteiger partial charge is 0.436 e. The highest BCUT2D eigenvalue weighted by molar-refractivity contribution is 6.01. The van der Waals surface area contributed by atoms with Crippen LogP contribution in [0.5, 0.6) is 0 Å². The molecule has 1 aliphatic heterocycles. The highest BCUT2D eigenvalue weighted by Crippen LogP contribution is 2.39. The van der Waals surface area contributed by atoms with Crippen molar-refractivity contribution in [1.29, 1.82) is 0 Å². The van der Waals surface area contributed by atoms with E-state index in [0.717, 1.165) is 10.7 Å². The number of halogens is 7. The minimum Gasteiger partial charge on any atom is -0.478 e. The van der Waals surface area contributed by atoms with Gasteiger partial charge in [-0.1, -0.05) is 12.1 Å². The van der Waals surface area contributed by atoms with Gasteiger partial charge in [0.15, 0.2) is 5.69 Å². The van der Waals surface area contributed by atoms with Gasteiger partial charge in [0.1, 0.15) is 17.2 Å². The lowest BCUT2D eigenvalue weighted by molar-refractivity contribution is -0.142. The molecule has 2 heterocycles. The fraction of sp³-hybridized carbons (Fsp3) is 0.292. The van der Waals surface area contributed by atoms with Crippen molar-refractivity contribution < 1.29 is 45.4 Å². The van der Waals surface area contributed by atoms with E-state index in [9.17, 15) is 40.3 Å². The third-order valence-corrected chi connectivity index (χ3v) is 5.97. The summed E-state index contributed by atoms with van der Waals surface area (Å²) in [6.07, 6.45) is -9.86. The summed E-state index contributed by atoms with van der Waals surface area (Å²) in [6.45, 7) is 1.01.